The maximum absolute atomic E-state index is 11.9. The summed E-state index contributed by atoms with van der Waals surface area (Å²) in [5.74, 6) is -0.278. The van der Waals surface area contributed by atoms with Crippen molar-refractivity contribution >= 4 is 32.8 Å². The highest BCUT2D eigenvalue weighted by molar-refractivity contribution is 7.89. The quantitative estimate of drug-likeness (QED) is 0.270. The van der Waals surface area contributed by atoms with Crippen molar-refractivity contribution in [3.8, 4) is 11.5 Å². The van der Waals surface area contributed by atoms with Crippen LogP contribution in [-0.4, -0.2) is 50.3 Å². The van der Waals surface area contributed by atoms with Crippen LogP contribution in [0.4, 0.5) is 0 Å². The summed E-state index contributed by atoms with van der Waals surface area (Å²) in [5, 5.41) is 1.34. The van der Waals surface area contributed by atoms with E-state index in [-0.39, 0.29) is 31.0 Å². The Hall–Kier alpha value is -3.63. The molecule has 2 unspecified atom stereocenters. The van der Waals surface area contributed by atoms with Crippen molar-refractivity contribution in [1.82, 2.24) is 0 Å². The predicted molar refractivity (Wildman–Crippen MR) is 133 cm³/mol. The molecular formula is C26H28O9S. The van der Waals surface area contributed by atoms with E-state index in [0.717, 1.165) is 12.2 Å². The highest BCUT2D eigenvalue weighted by atomic mass is 32.2. The minimum atomic E-state index is -4.43. The first-order chi connectivity index (χ1) is 17.0. The number of hydrogen-bond acceptors (Lipinski definition) is 8. The van der Waals surface area contributed by atoms with Crippen LogP contribution in [0.1, 0.15) is 25.0 Å². The Morgan fingerprint density at radius 1 is 0.944 bits per heavy atom. The lowest BCUT2D eigenvalue weighted by Gasteiger charge is -2.26. The number of carbonyl (C=O) groups excluding carboxylic acids is 2. The van der Waals surface area contributed by atoms with E-state index in [1.807, 2.05) is 12.1 Å². The van der Waals surface area contributed by atoms with Crippen LogP contribution >= 0.6 is 0 Å². The Kier molecular flexibility index (Phi) is 8.54. The van der Waals surface area contributed by atoms with Crippen LogP contribution in [0.5, 0.6) is 11.5 Å². The number of ether oxygens (including phenoxy) is 4. The molecule has 0 heterocycles. The van der Waals surface area contributed by atoms with Gasteiger partial charge in [0.05, 0.1) is 4.91 Å². The average molecular weight is 517 g/mol. The van der Waals surface area contributed by atoms with Gasteiger partial charge in [0.1, 0.15) is 36.9 Å². The maximum Gasteiger partial charge on any atom is 0.330 e. The molecule has 3 rings (SSSR count). The summed E-state index contributed by atoms with van der Waals surface area (Å²) < 4.78 is 56.1. The van der Waals surface area contributed by atoms with E-state index in [2.05, 4.69) is 13.2 Å². The molecule has 2 aromatic rings. The molecule has 192 valence electrons. The lowest BCUT2D eigenvalue weighted by molar-refractivity contribution is -0.144. The lowest BCUT2D eigenvalue weighted by Crippen LogP contribution is -2.23. The Bertz CT molecular complexity index is 1320. The summed E-state index contributed by atoms with van der Waals surface area (Å²) >= 11 is 0. The second-order valence-electron chi connectivity index (χ2n) is 8.21. The van der Waals surface area contributed by atoms with Gasteiger partial charge < -0.3 is 18.9 Å². The molecule has 0 aliphatic heterocycles. The van der Waals surface area contributed by atoms with Crippen LogP contribution < -0.4 is 9.47 Å². The van der Waals surface area contributed by atoms with Crippen molar-refractivity contribution in [3.63, 3.8) is 0 Å². The fourth-order valence-corrected chi connectivity index (χ4v) is 4.45. The van der Waals surface area contributed by atoms with Crippen molar-refractivity contribution < 1.29 is 41.5 Å². The summed E-state index contributed by atoms with van der Waals surface area (Å²) in [4.78, 5) is 22.9. The number of carbonyl (C=O) groups is 2. The minimum absolute atomic E-state index is 0.00429. The first-order valence-electron chi connectivity index (χ1n) is 11.2. The molecule has 0 radical (unpaired) electrons. The van der Waals surface area contributed by atoms with Gasteiger partial charge >= 0.3 is 11.9 Å². The molecular weight excluding hydrogens is 488 g/mol. The molecule has 9 nitrogen and oxygen atoms in total. The Balaban J connectivity index is 2.05. The molecule has 0 aromatic heterocycles. The van der Waals surface area contributed by atoms with E-state index in [0.29, 0.717) is 33.4 Å². The molecule has 0 amide bonds. The smallest absolute Gasteiger partial charge is 0.330 e. The zero-order valence-electron chi connectivity index (χ0n) is 20.1. The Morgan fingerprint density at radius 3 is 1.86 bits per heavy atom. The van der Waals surface area contributed by atoms with Crippen molar-refractivity contribution in [2.75, 3.05) is 13.2 Å². The van der Waals surface area contributed by atoms with Gasteiger partial charge in [0.15, 0.2) is 0 Å². The van der Waals surface area contributed by atoms with Gasteiger partial charge in [0.25, 0.3) is 10.1 Å². The number of hydrogen-bond donors (Lipinski definition) is 1. The number of benzene rings is 2. The zero-order valence-corrected chi connectivity index (χ0v) is 20.9. The summed E-state index contributed by atoms with van der Waals surface area (Å²) in [5.41, 5.74) is 1.20. The fraction of sp³-hybridized carbons (Fsp3) is 0.308. The van der Waals surface area contributed by atoms with Crippen LogP contribution in [0, 0.1) is 0 Å². The summed E-state index contributed by atoms with van der Waals surface area (Å²) in [6.45, 7) is 10.1. The normalized spacial score (nSPS) is 14.6. The van der Waals surface area contributed by atoms with Gasteiger partial charge in [-0.3, -0.25) is 4.55 Å². The summed E-state index contributed by atoms with van der Waals surface area (Å²) in [6, 6.07) is 7.25. The number of allylic oxidation sites excluding steroid dienone is 2. The van der Waals surface area contributed by atoms with E-state index in [4.69, 9.17) is 18.9 Å². The highest BCUT2D eigenvalue weighted by Gasteiger charge is 2.29. The molecule has 1 aliphatic carbocycles. The van der Waals surface area contributed by atoms with Crippen molar-refractivity contribution in [2.24, 2.45) is 0 Å². The third-order valence-electron chi connectivity index (χ3n) is 5.44. The second kappa shape index (κ2) is 11.4. The molecule has 2 atom stereocenters. The second-order valence-corrected chi connectivity index (χ2v) is 9.69. The standard InChI is InChI=1S/C26H28O9S/c1-5-23(27)34-16(3)14-32-25-19-9-7-8-10-20(19)26(33-15-17(4)35-24(28)6-2)22-13-18(36(29,30)31)11-12-21(22)25/h5-11,16-17H,1-2,12-15H2,3-4H3,(H,29,30,31). The van der Waals surface area contributed by atoms with E-state index in [1.54, 1.807) is 26.0 Å². The van der Waals surface area contributed by atoms with Crippen LogP contribution in [-0.2, 0) is 42.0 Å². The van der Waals surface area contributed by atoms with Crippen molar-refractivity contribution in [2.45, 2.75) is 38.9 Å². The minimum Gasteiger partial charge on any atom is -0.489 e. The van der Waals surface area contributed by atoms with Gasteiger partial charge in [-0.25, -0.2) is 9.59 Å². The van der Waals surface area contributed by atoms with E-state index in [1.165, 1.54) is 6.08 Å². The average Bonchev–Trinajstić information content (AvgIpc) is 2.84. The molecule has 0 spiro atoms. The Labute approximate surface area is 209 Å². The maximum atomic E-state index is 11.9. The van der Waals surface area contributed by atoms with Crippen LogP contribution in [0.2, 0.25) is 0 Å². The number of fused-ring (bicyclic) bond motifs is 2. The van der Waals surface area contributed by atoms with Crippen molar-refractivity contribution in [3.05, 3.63) is 71.7 Å². The molecule has 1 N–H and O–H groups in total. The van der Waals surface area contributed by atoms with Gasteiger partial charge in [0, 0.05) is 40.5 Å². The SMILES string of the molecule is C=CC(=O)OC(C)COc1c2c(c(OCC(C)OC(=O)C=C)c3ccccc13)CC(S(=O)(=O)O)=CC2. The van der Waals surface area contributed by atoms with Gasteiger partial charge in [0.2, 0.25) is 0 Å². The molecule has 0 fully saturated rings. The first kappa shape index (κ1) is 27.0. The molecule has 1 aliphatic rings. The monoisotopic (exact) mass is 516 g/mol. The van der Waals surface area contributed by atoms with Gasteiger partial charge in [-0.2, -0.15) is 8.42 Å². The largest absolute Gasteiger partial charge is 0.489 e. The van der Waals surface area contributed by atoms with Crippen LogP contribution in [0.15, 0.2) is 60.6 Å². The third-order valence-corrected chi connectivity index (χ3v) is 6.41. The predicted octanol–water partition coefficient (Wildman–Crippen LogP) is 3.70. The number of esters is 2. The third kappa shape index (κ3) is 6.32. The Morgan fingerprint density at radius 2 is 1.42 bits per heavy atom. The molecule has 36 heavy (non-hydrogen) atoms. The molecule has 0 bridgehead atoms. The molecule has 0 saturated carbocycles. The molecule has 10 heteroatoms. The van der Waals surface area contributed by atoms with E-state index < -0.39 is 34.3 Å². The zero-order chi connectivity index (χ0) is 26.5. The fourth-order valence-electron chi connectivity index (χ4n) is 3.83. The lowest BCUT2D eigenvalue weighted by atomic mass is 9.90. The van der Waals surface area contributed by atoms with E-state index in [9.17, 15) is 22.6 Å². The van der Waals surface area contributed by atoms with Gasteiger partial charge in [-0.05, 0) is 20.3 Å². The molecule has 0 saturated heterocycles. The van der Waals surface area contributed by atoms with Crippen LogP contribution in [0.25, 0.3) is 10.8 Å². The number of rotatable bonds is 11. The summed E-state index contributed by atoms with van der Waals surface area (Å²) in [7, 11) is -4.43. The molecule has 2 aromatic carbocycles. The van der Waals surface area contributed by atoms with Crippen LogP contribution in [0.3, 0.4) is 0 Å². The van der Waals surface area contributed by atoms with Gasteiger partial charge in [-0.15, -0.1) is 0 Å². The summed E-state index contributed by atoms with van der Waals surface area (Å²) in [6.07, 6.45) is 2.40. The highest BCUT2D eigenvalue weighted by Crippen LogP contribution is 2.44. The first-order valence-corrected chi connectivity index (χ1v) is 12.6. The van der Waals surface area contributed by atoms with Gasteiger partial charge in [-0.1, -0.05) is 43.5 Å². The van der Waals surface area contributed by atoms with E-state index >= 15 is 0 Å². The topological polar surface area (TPSA) is 125 Å². The van der Waals surface area contributed by atoms with Crippen molar-refractivity contribution in [1.29, 1.82) is 0 Å².